The number of nitrogens with zero attached hydrogens (tertiary/aromatic N) is 1. The van der Waals surface area contributed by atoms with Gasteiger partial charge in [0.15, 0.2) is 0 Å². The Balaban J connectivity index is 1.61. The number of urea groups is 1. The fourth-order valence-corrected chi connectivity index (χ4v) is 3.46. The SMILES string of the molecule is COc1cc(OC)c2[nH]c(C(=O)NN3C(=O)NC(C)(c4ccccc4)C3=O)cc2c1. The number of hydrazine groups is 1. The Bertz CT molecular complexity index is 1160. The highest BCUT2D eigenvalue weighted by atomic mass is 16.5. The van der Waals surface area contributed by atoms with Crippen molar-refractivity contribution in [2.45, 2.75) is 12.5 Å². The van der Waals surface area contributed by atoms with Crippen LogP contribution in [0.1, 0.15) is 23.0 Å². The van der Waals surface area contributed by atoms with Gasteiger partial charge in [0.05, 0.1) is 19.7 Å². The van der Waals surface area contributed by atoms with Crippen LogP contribution in [-0.2, 0) is 10.3 Å². The molecule has 1 unspecified atom stereocenters. The van der Waals surface area contributed by atoms with Crippen molar-refractivity contribution in [1.29, 1.82) is 0 Å². The average molecular weight is 408 g/mol. The second-order valence-corrected chi connectivity index (χ2v) is 6.98. The first kappa shape index (κ1) is 19.3. The quantitative estimate of drug-likeness (QED) is 0.561. The Morgan fingerprint density at radius 3 is 2.47 bits per heavy atom. The molecule has 0 bridgehead atoms. The predicted octanol–water partition coefficient (Wildman–Crippen LogP) is 2.30. The number of nitrogens with one attached hydrogen (secondary N) is 3. The lowest BCUT2D eigenvalue weighted by atomic mass is 9.92. The third-order valence-corrected chi connectivity index (χ3v) is 5.12. The number of ether oxygens (including phenoxy) is 2. The number of aromatic nitrogens is 1. The Kier molecular flexibility index (Phi) is 4.57. The second-order valence-electron chi connectivity index (χ2n) is 6.98. The Hall–Kier alpha value is -4.01. The molecular formula is C21H20N4O5. The van der Waals surface area contributed by atoms with Crippen molar-refractivity contribution in [3.05, 3.63) is 59.8 Å². The monoisotopic (exact) mass is 408 g/mol. The van der Waals surface area contributed by atoms with Gasteiger partial charge in [-0.3, -0.25) is 15.0 Å². The molecule has 1 aromatic heterocycles. The largest absolute Gasteiger partial charge is 0.497 e. The maximum absolute atomic E-state index is 12.9. The van der Waals surface area contributed by atoms with Crippen LogP contribution in [0.5, 0.6) is 11.5 Å². The second kappa shape index (κ2) is 7.11. The van der Waals surface area contributed by atoms with E-state index in [1.54, 1.807) is 49.4 Å². The van der Waals surface area contributed by atoms with Gasteiger partial charge in [-0.2, -0.15) is 5.01 Å². The van der Waals surface area contributed by atoms with Gasteiger partial charge < -0.3 is 19.8 Å². The third kappa shape index (κ3) is 3.00. The van der Waals surface area contributed by atoms with Crippen molar-refractivity contribution >= 4 is 28.7 Å². The summed E-state index contributed by atoms with van der Waals surface area (Å²) in [6, 6.07) is 13.1. The van der Waals surface area contributed by atoms with Crippen LogP contribution < -0.4 is 20.2 Å². The number of aromatic amines is 1. The van der Waals surface area contributed by atoms with E-state index in [2.05, 4.69) is 15.7 Å². The van der Waals surface area contributed by atoms with Gasteiger partial charge in [-0.25, -0.2) is 4.79 Å². The van der Waals surface area contributed by atoms with Crippen LogP contribution >= 0.6 is 0 Å². The number of carbonyl (C=O) groups excluding carboxylic acids is 3. The zero-order valence-electron chi connectivity index (χ0n) is 16.6. The number of amides is 4. The molecule has 154 valence electrons. The third-order valence-electron chi connectivity index (χ3n) is 5.12. The smallest absolute Gasteiger partial charge is 0.344 e. The Labute approximate surface area is 171 Å². The molecule has 3 aromatic rings. The first-order valence-electron chi connectivity index (χ1n) is 9.15. The van der Waals surface area contributed by atoms with E-state index in [0.717, 1.165) is 0 Å². The lowest BCUT2D eigenvalue weighted by Crippen LogP contribution is -2.48. The van der Waals surface area contributed by atoms with Crippen LogP contribution in [0.4, 0.5) is 4.79 Å². The zero-order chi connectivity index (χ0) is 21.5. The van der Waals surface area contributed by atoms with Crippen LogP contribution in [0.2, 0.25) is 0 Å². The molecule has 0 aliphatic carbocycles. The van der Waals surface area contributed by atoms with E-state index in [1.807, 2.05) is 6.07 Å². The molecule has 1 aliphatic heterocycles. The van der Waals surface area contributed by atoms with Gasteiger partial charge in [0, 0.05) is 11.5 Å². The molecule has 1 fully saturated rings. The van der Waals surface area contributed by atoms with Gasteiger partial charge in [-0.1, -0.05) is 30.3 Å². The Morgan fingerprint density at radius 2 is 1.80 bits per heavy atom. The number of hydrogen-bond acceptors (Lipinski definition) is 5. The topological polar surface area (TPSA) is 113 Å². The first-order valence-corrected chi connectivity index (χ1v) is 9.15. The summed E-state index contributed by atoms with van der Waals surface area (Å²) in [5, 5.41) is 4.02. The summed E-state index contributed by atoms with van der Waals surface area (Å²) in [4.78, 5) is 41.1. The number of methoxy groups -OCH3 is 2. The van der Waals surface area contributed by atoms with E-state index in [1.165, 1.54) is 14.2 Å². The normalized spacial score (nSPS) is 18.4. The Morgan fingerprint density at radius 1 is 1.07 bits per heavy atom. The standard InChI is InChI=1S/C21H20N4O5/c1-21(13-7-5-4-6-8-13)19(27)25(20(28)23-21)24-18(26)15-10-12-9-14(29-2)11-16(30-3)17(12)22-15/h4-11,22H,1-3H3,(H,23,28)(H,24,26). The zero-order valence-corrected chi connectivity index (χ0v) is 16.6. The van der Waals surface area contributed by atoms with Crippen LogP contribution in [0.25, 0.3) is 10.9 Å². The molecule has 9 nitrogen and oxygen atoms in total. The fraction of sp³-hybridized carbons (Fsp3) is 0.190. The van der Waals surface area contributed by atoms with Crippen LogP contribution in [0, 0.1) is 0 Å². The molecule has 9 heteroatoms. The molecule has 1 atom stereocenters. The number of imide groups is 1. The van der Waals surface area contributed by atoms with Gasteiger partial charge in [0.25, 0.3) is 11.8 Å². The molecule has 4 rings (SSSR count). The average Bonchev–Trinajstić information content (AvgIpc) is 3.29. The van der Waals surface area contributed by atoms with E-state index in [0.29, 0.717) is 33.0 Å². The van der Waals surface area contributed by atoms with Gasteiger partial charge in [-0.15, -0.1) is 0 Å². The lowest BCUT2D eigenvalue weighted by Gasteiger charge is -2.21. The van der Waals surface area contributed by atoms with Crippen molar-refractivity contribution < 1.29 is 23.9 Å². The number of hydrogen-bond donors (Lipinski definition) is 3. The van der Waals surface area contributed by atoms with Gasteiger partial charge in [-0.05, 0) is 24.6 Å². The maximum atomic E-state index is 12.9. The van der Waals surface area contributed by atoms with Crippen molar-refractivity contribution in [2.75, 3.05) is 14.2 Å². The fourth-order valence-electron chi connectivity index (χ4n) is 3.46. The van der Waals surface area contributed by atoms with Gasteiger partial charge in [0.1, 0.15) is 22.7 Å². The molecule has 0 saturated carbocycles. The van der Waals surface area contributed by atoms with Gasteiger partial charge >= 0.3 is 6.03 Å². The van der Waals surface area contributed by atoms with Crippen LogP contribution in [-0.4, -0.2) is 42.1 Å². The van der Waals surface area contributed by atoms with Crippen molar-refractivity contribution in [3.8, 4) is 11.5 Å². The molecule has 1 aliphatic rings. The highest BCUT2D eigenvalue weighted by Gasteiger charge is 2.50. The molecular weight excluding hydrogens is 388 g/mol. The number of carbonyl (C=O) groups is 3. The van der Waals surface area contributed by atoms with Crippen LogP contribution in [0.15, 0.2) is 48.5 Å². The van der Waals surface area contributed by atoms with E-state index < -0.39 is 23.4 Å². The lowest BCUT2D eigenvalue weighted by molar-refractivity contribution is -0.132. The summed E-state index contributed by atoms with van der Waals surface area (Å²) in [6.07, 6.45) is 0. The minimum atomic E-state index is -1.28. The maximum Gasteiger partial charge on any atom is 0.344 e. The minimum absolute atomic E-state index is 0.158. The van der Waals surface area contributed by atoms with E-state index in [9.17, 15) is 14.4 Å². The number of H-pyrrole nitrogens is 1. The summed E-state index contributed by atoms with van der Waals surface area (Å²) in [5.41, 5.74) is 2.46. The molecule has 2 aromatic carbocycles. The minimum Gasteiger partial charge on any atom is -0.497 e. The van der Waals surface area contributed by atoms with E-state index >= 15 is 0 Å². The summed E-state index contributed by atoms with van der Waals surface area (Å²) >= 11 is 0. The van der Waals surface area contributed by atoms with E-state index in [-0.39, 0.29) is 5.69 Å². The number of fused-ring (bicyclic) bond motifs is 1. The molecule has 30 heavy (non-hydrogen) atoms. The summed E-state index contributed by atoms with van der Waals surface area (Å²) < 4.78 is 10.6. The molecule has 2 heterocycles. The molecule has 3 N–H and O–H groups in total. The highest BCUT2D eigenvalue weighted by Crippen LogP contribution is 2.31. The van der Waals surface area contributed by atoms with Crippen molar-refractivity contribution in [3.63, 3.8) is 0 Å². The van der Waals surface area contributed by atoms with Crippen LogP contribution in [0.3, 0.4) is 0 Å². The summed E-state index contributed by atoms with van der Waals surface area (Å²) in [5.74, 6) is -0.163. The summed E-state index contributed by atoms with van der Waals surface area (Å²) in [7, 11) is 3.04. The van der Waals surface area contributed by atoms with Crippen molar-refractivity contribution in [2.24, 2.45) is 0 Å². The molecule has 0 radical (unpaired) electrons. The van der Waals surface area contributed by atoms with Crippen molar-refractivity contribution in [1.82, 2.24) is 20.7 Å². The molecule has 1 saturated heterocycles. The molecule has 0 spiro atoms. The predicted molar refractivity (Wildman–Crippen MR) is 108 cm³/mol. The van der Waals surface area contributed by atoms with Gasteiger partial charge in [0.2, 0.25) is 0 Å². The van der Waals surface area contributed by atoms with E-state index in [4.69, 9.17) is 9.47 Å². The molecule has 4 amide bonds. The number of benzene rings is 2. The number of rotatable bonds is 5. The summed E-state index contributed by atoms with van der Waals surface area (Å²) in [6.45, 7) is 1.59. The first-order chi connectivity index (χ1) is 14.4. The highest BCUT2D eigenvalue weighted by molar-refractivity contribution is 6.09.